The molecule has 0 N–H and O–H groups in total. The average molecular weight is 519 g/mol. The van der Waals surface area contributed by atoms with Gasteiger partial charge in [0.2, 0.25) is 0 Å². The van der Waals surface area contributed by atoms with Crippen LogP contribution in [0, 0.1) is 35.0 Å². The van der Waals surface area contributed by atoms with Gasteiger partial charge in [0.15, 0.2) is 29.6 Å². The summed E-state index contributed by atoms with van der Waals surface area (Å²) in [5, 5.41) is 0. The quantitative estimate of drug-likeness (QED) is 0.265. The molecule has 0 aliphatic carbocycles. The maximum absolute atomic E-state index is 15.0. The Kier molecular flexibility index (Phi) is 8.98. The summed E-state index contributed by atoms with van der Waals surface area (Å²) in [6, 6.07) is 9.36. The predicted octanol–water partition coefficient (Wildman–Crippen LogP) is 8.39. The SMILES string of the molecule is CCCc1ccc(-c2ccc(-c3ccc(CCC4CCC(OCC)OC4)c(F)c3F)c(F)c2F)cc1F. The van der Waals surface area contributed by atoms with E-state index in [-0.39, 0.29) is 34.5 Å². The van der Waals surface area contributed by atoms with Gasteiger partial charge in [-0.3, -0.25) is 0 Å². The van der Waals surface area contributed by atoms with Gasteiger partial charge in [0.05, 0.1) is 6.61 Å². The molecule has 0 amide bonds. The molecule has 3 aromatic rings. The Morgan fingerprint density at radius 3 is 2.05 bits per heavy atom. The van der Waals surface area contributed by atoms with Crippen LogP contribution in [0.5, 0.6) is 0 Å². The summed E-state index contributed by atoms with van der Waals surface area (Å²) in [7, 11) is 0. The van der Waals surface area contributed by atoms with E-state index in [2.05, 4.69) is 0 Å². The molecule has 1 aliphatic rings. The van der Waals surface area contributed by atoms with Crippen LogP contribution in [0.25, 0.3) is 22.3 Å². The molecule has 2 unspecified atom stereocenters. The van der Waals surface area contributed by atoms with Crippen molar-refractivity contribution in [1.29, 1.82) is 0 Å². The summed E-state index contributed by atoms with van der Waals surface area (Å²) in [5.74, 6) is -5.15. The van der Waals surface area contributed by atoms with Gasteiger partial charge in [-0.1, -0.05) is 49.7 Å². The van der Waals surface area contributed by atoms with Gasteiger partial charge in [-0.2, -0.15) is 0 Å². The van der Waals surface area contributed by atoms with Crippen molar-refractivity contribution in [1.82, 2.24) is 0 Å². The van der Waals surface area contributed by atoms with E-state index >= 15 is 4.39 Å². The van der Waals surface area contributed by atoms with E-state index in [4.69, 9.17) is 9.47 Å². The number of hydrogen-bond donors (Lipinski definition) is 0. The molecule has 3 aromatic carbocycles. The fraction of sp³-hybridized carbons (Fsp3) is 0.400. The van der Waals surface area contributed by atoms with E-state index in [1.807, 2.05) is 13.8 Å². The lowest BCUT2D eigenvalue weighted by Crippen LogP contribution is -2.28. The van der Waals surface area contributed by atoms with Crippen LogP contribution in [0.2, 0.25) is 0 Å². The maximum atomic E-state index is 15.0. The number of benzene rings is 3. The van der Waals surface area contributed by atoms with E-state index in [1.54, 1.807) is 6.07 Å². The Labute approximate surface area is 214 Å². The van der Waals surface area contributed by atoms with Crippen molar-refractivity contribution in [2.24, 2.45) is 5.92 Å². The van der Waals surface area contributed by atoms with Crippen molar-refractivity contribution in [2.45, 2.75) is 58.7 Å². The van der Waals surface area contributed by atoms with Gasteiger partial charge in [-0.05, 0) is 67.7 Å². The number of hydrogen-bond acceptors (Lipinski definition) is 2. The summed E-state index contributed by atoms with van der Waals surface area (Å²) < 4.78 is 85.4. The minimum absolute atomic E-state index is 0.151. The van der Waals surface area contributed by atoms with Crippen molar-refractivity contribution < 1.29 is 31.4 Å². The van der Waals surface area contributed by atoms with Crippen LogP contribution in [0.1, 0.15) is 50.7 Å². The molecule has 37 heavy (non-hydrogen) atoms. The first-order valence-electron chi connectivity index (χ1n) is 12.8. The summed E-state index contributed by atoms with van der Waals surface area (Å²) in [5.41, 5.74) is -0.0758. The second kappa shape index (κ2) is 12.2. The fourth-order valence-corrected chi connectivity index (χ4v) is 4.84. The zero-order valence-electron chi connectivity index (χ0n) is 21.1. The van der Waals surface area contributed by atoms with Crippen LogP contribution in [-0.2, 0) is 22.3 Å². The highest BCUT2D eigenvalue weighted by Gasteiger charge is 2.24. The largest absolute Gasteiger partial charge is 0.353 e. The van der Waals surface area contributed by atoms with Gasteiger partial charge in [-0.15, -0.1) is 0 Å². The maximum Gasteiger partial charge on any atom is 0.167 e. The predicted molar refractivity (Wildman–Crippen MR) is 134 cm³/mol. The zero-order chi connectivity index (χ0) is 26.5. The van der Waals surface area contributed by atoms with E-state index in [0.717, 1.165) is 25.3 Å². The van der Waals surface area contributed by atoms with Crippen LogP contribution in [0.15, 0.2) is 42.5 Å². The fourth-order valence-electron chi connectivity index (χ4n) is 4.84. The monoisotopic (exact) mass is 518 g/mol. The molecule has 7 heteroatoms. The molecule has 0 radical (unpaired) electrons. The van der Waals surface area contributed by atoms with Crippen molar-refractivity contribution >= 4 is 0 Å². The van der Waals surface area contributed by atoms with Gasteiger partial charge in [-0.25, -0.2) is 22.0 Å². The molecular weight excluding hydrogens is 487 g/mol. The molecule has 2 atom stereocenters. The lowest BCUT2D eigenvalue weighted by atomic mass is 9.92. The van der Waals surface area contributed by atoms with Gasteiger partial charge < -0.3 is 9.47 Å². The topological polar surface area (TPSA) is 18.5 Å². The third-order valence-electron chi connectivity index (χ3n) is 6.92. The molecule has 0 spiro atoms. The molecule has 1 saturated heterocycles. The van der Waals surface area contributed by atoms with E-state index in [0.29, 0.717) is 38.0 Å². The van der Waals surface area contributed by atoms with E-state index < -0.39 is 34.6 Å². The molecule has 2 nitrogen and oxygen atoms in total. The average Bonchev–Trinajstić information content (AvgIpc) is 2.89. The van der Waals surface area contributed by atoms with Crippen molar-refractivity contribution in [3.05, 3.63) is 82.7 Å². The third-order valence-corrected chi connectivity index (χ3v) is 6.92. The molecule has 0 aromatic heterocycles. The highest BCUT2D eigenvalue weighted by atomic mass is 19.2. The third kappa shape index (κ3) is 6.04. The smallest absolute Gasteiger partial charge is 0.167 e. The lowest BCUT2D eigenvalue weighted by Gasteiger charge is -2.28. The Bertz CT molecular complexity index is 1240. The molecule has 0 saturated carbocycles. The number of halogens is 5. The van der Waals surface area contributed by atoms with Crippen LogP contribution in [0.3, 0.4) is 0 Å². The summed E-state index contributed by atoms with van der Waals surface area (Å²) >= 11 is 0. The molecule has 1 fully saturated rings. The van der Waals surface area contributed by atoms with Gasteiger partial charge >= 0.3 is 0 Å². The van der Waals surface area contributed by atoms with E-state index in [9.17, 15) is 17.6 Å². The Morgan fingerprint density at radius 2 is 1.41 bits per heavy atom. The number of rotatable bonds is 9. The van der Waals surface area contributed by atoms with Crippen molar-refractivity contribution in [3.63, 3.8) is 0 Å². The first kappa shape index (κ1) is 27.3. The normalized spacial score (nSPS) is 17.8. The lowest BCUT2D eigenvalue weighted by molar-refractivity contribution is -0.173. The van der Waals surface area contributed by atoms with Crippen LogP contribution in [0.4, 0.5) is 22.0 Å². The minimum atomic E-state index is -1.32. The van der Waals surface area contributed by atoms with Crippen molar-refractivity contribution in [3.8, 4) is 22.3 Å². The van der Waals surface area contributed by atoms with Gasteiger partial charge in [0, 0.05) is 23.3 Å². The highest BCUT2D eigenvalue weighted by molar-refractivity contribution is 5.72. The Balaban J connectivity index is 1.51. The molecule has 198 valence electrons. The minimum Gasteiger partial charge on any atom is -0.353 e. The van der Waals surface area contributed by atoms with Gasteiger partial charge in [0.1, 0.15) is 5.82 Å². The number of ether oxygens (including phenoxy) is 2. The zero-order valence-corrected chi connectivity index (χ0v) is 21.1. The number of aryl methyl sites for hydroxylation is 2. The Hall–Kier alpha value is -2.77. The van der Waals surface area contributed by atoms with E-state index in [1.165, 1.54) is 30.3 Å². The summed E-state index contributed by atoms with van der Waals surface area (Å²) in [6.07, 6.45) is 3.60. The first-order chi connectivity index (χ1) is 17.8. The van der Waals surface area contributed by atoms with Gasteiger partial charge in [0.25, 0.3) is 0 Å². The molecular formula is C30H31F5O2. The molecule has 1 heterocycles. The van der Waals surface area contributed by atoms with Crippen LogP contribution >= 0.6 is 0 Å². The Morgan fingerprint density at radius 1 is 0.757 bits per heavy atom. The van der Waals surface area contributed by atoms with Crippen LogP contribution < -0.4 is 0 Å². The highest BCUT2D eigenvalue weighted by Crippen LogP contribution is 2.35. The second-order valence-electron chi connectivity index (χ2n) is 9.45. The first-order valence-corrected chi connectivity index (χ1v) is 12.8. The van der Waals surface area contributed by atoms with Crippen molar-refractivity contribution in [2.75, 3.05) is 13.2 Å². The standard InChI is InChI=1S/C30H31F5O2/c1-3-5-19-9-10-21(16-25(19)31)22-13-14-24(30(35)28(22)33)23-12-11-20(27(32)29(23)34)8-6-18-7-15-26(36-4-2)37-17-18/h9-14,16,18,26H,3-8,15,17H2,1-2H3. The molecule has 1 aliphatic heterocycles. The second-order valence-corrected chi connectivity index (χ2v) is 9.45. The summed E-state index contributed by atoms with van der Waals surface area (Å²) in [6.45, 7) is 4.89. The summed E-state index contributed by atoms with van der Waals surface area (Å²) in [4.78, 5) is 0. The van der Waals surface area contributed by atoms with Crippen LogP contribution in [-0.4, -0.2) is 19.5 Å². The molecule has 0 bridgehead atoms. The molecule has 4 rings (SSSR count).